The average molecular weight is 376 g/mol. The van der Waals surface area contributed by atoms with E-state index in [-0.39, 0.29) is 0 Å². The van der Waals surface area contributed by atoms with Crippen molar-refractivity contribution in [2.75, 3.05) is 20.1 Å². The number of hydrogen-bond donors (Lipinski definition) is 1. The van der Waals surface area contributed by atoms with Crippen LogP contribution in [0.3, 0.4) is 0 Å². The van der Waals surface area contributed by atoms with Crippen LogP contribution in [0.5, 0.6) is 0 Å². The quantitative estimate of drug-likeness (QED) is 0.856. The van der Waals surface area contributed by atoms with Gasteiger partial charge in [-0.25, -0.2) is 0 Å². The molecule has 0 amide bonds. The maximum Gasteiger partial charge on any atom is 0.0303 e. The normalized spacial score (nSPS) is 22.3. The molecule has 2 rings (SSSR count). The smallest absolute Gasteiger partial charge is 0.0303 e. The molecule has 1 fully saturated rings. The van der Waals surface area contributed by atoms with Crippen LogP contribution in [0.1, 0.15) is 31.4 Å². The number of hydrogen-bond acceptors (Lipinski definition) is 2. The number of likely N-dealkylation sites (N-methyl/N-ethyl adjacent to an activating group) is 1. The van der Waals surface area contributed by atoms with Crippen molar-refractivity contribution in [3.63, 3.8) is 0 Å². The van der Waals surface area contributed by atoms with E-state index in [9.17, 15) is 0 Å². The molecule has 18 heavy (non-hydrogen) atoms. The Hall–Kier alpha value is 0.1000. The van der Waals surface area contributed by atoms with Gasteiger partial charge in [-0.05, 0) is 51.1 Å². The number of rotatable bonds is 4. The monoisotopic (exact) mass is 374 g/mol. The third kappa shape index (κ3) is 3.56. The van der Waals surface area contributed by atoms with E-state index in [1.165, 1.54) is 24.9 Å². The lowest BCUT2D eigenvalue weighted by Gasteiger charge is -2.23. The van der Waals surface area contributed by atoms with Gasteiger partial charge in [-0.1, -0.05) is 37.9 Å². The molecule has 1 N–H and O–H groups in total. The summed E-state index contributed by atoms with van der Waals surface area (Å²) in [5, 5.41) is 3.64. The summed E-state index contributed by atoms with van der Waals surface area (Å²) in [6.45, 7) is 4.53. The summed E-state index contributed by atoms with van der Waals surface area (Å²) in [5.74, 6) is 0. The van der Waals surface area contributed by atoms with Crippen molar-refractivity contribution in [2.24, 2.45) is 0 Å². The fourth-order valence-corrected chi connectivity index (χ4v) is 3.90. The van der Waals surface area contributed by atoms with Crippen molar-refractivity contribution >= 4 is 31.9 Å². The van der Waals surface area contributed by atoms with E-state index in [1.807, 2.05) is 0 Å². The van der Waals surface area contributed by atoms with Gasteiger partial charge >= 0.3 is 0 Å². The van der Waals surface area contributed by atoms with E-state index in [4.69, 9.17) is 0 Å². The second kappa shape index (κ2) is 6.51. The lowest BCUT2D eigenvalue weighted by atomic mass is 10.1. The maximum atomic E-state index is 3.64. The van der Waals surface area contributed by atoms with Crippen LogP contribution in [0.25, 0.3) is 0 Å². The van der Waals surface area contributed by atoms with E-state index in [0.29, 0.717) is 12.1 Å². The molecule has 1 heterocycles. The Kier molecular flexibility index (Phi) is 5.24. The molecule has 0 aromatic heterocycles. The minimum Gasteiger partial charge on any atom is -0.309 e. The fraction of sp³-hybridized carbons (Fsp3) is 0.571. The van der Waals surface area contributed by atoms with Crippen molar-refractivity contribution in [3.05, 3.63) is 32.7 Å². The highest BCUT2D eigenvalue weighted by molar-refractivity contribution is 9.11. The summed E-state index contributed by atoms with van der Waals surface area (Å²) in [7, 11) is 2.22. The van der Waals surface area contributed by atoms with Crippen LogP contribution in [0, 0.1) is 0 Å². The first-order chi connectivity index (χ1) is 8.58. The number of nitrogens with one attached hydrogen (secondary N) is 1. The second-order valence-electron chi connectivity index (χ2n) is 5.07. The molecule has 0 aliphatic carbocycles. The molecule has 2 atom stereocenters. The molecule has 0 radical (unpaired) electrons. The van der Waals surface area contributed by atoms with Crippen LogP contribution in [-0.4, -0.2) is 31.1 Å². The number of likely N-dealkylation sites (tertiary alicyclic amines) is 1. The average Bonchev–Trinajstić information content (AvgIpc) is 2.72. The van der Waals surface area contributed by atoms with E-state index in [0.717, 1.165) is 15.5 Å². The highest BCUT2D eigenvalue weighted by Gasteiger charge is 2.21. The maximum absolute atomic E-state index is 3.64. The van der Waals surface area contributed by atoms with Gasteiger partial charge in [0.05, 0.1) is 0 Å². The summed E-state index contributed by atoms with van der Waals surface area (Å²) in [6, 6.07) is 7.45. The third-order valence-corrected chi connectivity index (χ3v) is 4.94. The molecule has 100 valence electrons. The Labute approximate surface area is 126 Å². The van der Waals surface area contributed by atoms with Gasteiger partial charge in [0.15, 0.2) is 0 Å². The molecule has 0 saturated carbocycles. The molecule has 2 unspecified atom stereocenters. The van der Waals surface area contributed by atoms with Crippen molar-refractivity contribution in [2.45, 2.75) is 31.8 Å². The van der Waals surface area contributed by atoms with Gasteiger partial charge in [-0.2, -0.15) is 0 Å². The van der Waals surface area contributed by atoms with Gasteiger partial charge in [0.25, 0.3) is 0 Å². The lowest BCUT2D eigenvalue weighted by Crippen LogP contribution is -2.36. The highest BCUT2D eigenvalue weighted by atomic mass is 79.9. The van der Waals surface area contributed by atoms with Crippen LogP contribution >= 0.6 is 31.9 Å². The zero-order chi connectivity index (χ0) is 13.1. The van der Waals surface area contributed by atoms with Crippen molar-refractivity contribution in [3.8, 4) is 0 Å². The summed E-state index contributed by atoms with van der Waals surface area (Å²) >= 11 is 7.12. The van der Waals surface area contributed by atoms with Crippen molar-refractivity contribution in [1.82, 2.24) is 10.2 Å². The zero-order valence-corrected chi connectivity index (χ0v) is 14.1. The summed E-state index contributed by atoms with van der Waals surface area (Å²) in [5.41, 5.74) is 1.32. The molecule has 1 saturated heterocycles. The van der Waals surface area contributed by atoms with Crippen molar-refractivity contribution in [1.29, 1.82) is 0 Å². The van der Waals surface area contributed by atoms with E-state index in [2.05, 4.69) is 74.2 Å². The van der Waals surface area contributed by atoms with Crippen LogP contribution in [-0.2, 0) is 0 Å². The van der Waals surface area contributed by atoms with Gasteiger partial charge in [-0.3, -0.25) is 0 Å². The Balaban J connectivity index is 1.93. The molecule has 0 bridgehead atoms. The van der Waals surface area contributed by atoms with Crippen LogP contribution < -0.4 is 5.32 Å². The first kappa shape index (κ1) is 14.5. The number of benzene rings is 1. The Morgan fingerprint density at radius 1 is 1.44 bits per heavy atom. The summed E-state index contributed by atoms with van der Waals surface area (Å²) in [6.07, 6.45) is 2.65. The topological polar surface area (TPSA) is 15.3 Å². The minimum atomic E-state index is 0.376. The molecule has 4 heteroatoms. The SMILES string of the molecule is CC(NCC1CCCN1C)c1ccc(Br)cc1Br. The Morgan fingerprint density at radius 2 is 2.22 bits per heavy atom. The molecular weight excluding hydrogens is 356 g/mol. The highest BCUT2D eigenvalue weighted by Crippen LogP contribution is 2.27. The largest absolute Gasteiger partial charge is 0.309 e. The van der Waals surface area contributed by atoms with Gasteiger partial charge in [0.2, 0.25) is 0 Å². The standard InChI is InChI=1S/C14H20Br2N2/c1-10(13-6-5-11(15)8-14(13)16)17-9-12-4-3-7-18(12)2/h5-6,8,10,12,17H,3-4,7,9H2,1-2H3. The molecule has 0 spiro atoms. The Bertz CT molecular complexity index is 409. The summed E-state index contributed by atoms with van der Waals surface area (Å²) < 4.78 is 2.28. The van der Waals surface area contributed by atoms with Crippen LogP contribution in [0.15, 0.2) is 27.1 Å². The van der Waals surface area contributed by atoms with Crippen LogP contribution in [0.2, 0.25) is 0 Å². The molecular formula is C14H20Br2N2. The first-order valence-corrected chi connectivity index (χ1v) is 8.05. The molecule has 1 aliphatic rings. The van der Waals surface area contributed by atoms with Gasteiger partial charge in [0, 0.05) is 27.6 Å². The second-order valence-corrected chi connectivity index (χ2v) is 6.84. The predicted molar refractivity (Wildman–Crippen MR) is 83.9 cm³/mol. The molecule has 1 aliphatic heterocycles. The number of halogens is 2. The van der Waals surface area contributed by atoms with Gasteiger partial charge in [-0.15, -0.1) is 0 Å². The Morgan fingerprint density at radius 3 is 2.83 bits per heavy atom. The molecule has 2 nitrogen and oxygen atoms in total. The minimum absolute atomic E-state index is 0.376. The predicted octanol–water partition coefficient (Wildman–Crippen LogP) is 3.96. The number of nitrogens with zero attached hydrogens (tertiary/aromatic N) is 1. The van der Waals surface area contributed by atoms with Crippen molar-refractivity contribution < 1.29 is 0 Å². The van der Waals surface area contributed by atoms with Gasteiger partial charge < -0.3 is 10.2 Å². The van der Waals surface area contributed by atoms with E-state index in [1.54, 1.807) is 0 Å². The fourth-order valence-electron chi connectivity index (χ4n) is 2.51. The summed E-state index contributed by atoms with van der Waals surface area (Å²) in [4.78, 5) is 2.45. The van der Waals surface area contributed by atoms with Crippen LogP contribution in [0.4, 0.5) is 0 Å². The zero-order valence-electron chi connectivity index (χ0n) is 10.9. The molecule has 1 aromatic carbocycles. The van der Waals surface area contributed by atoms with Gasteiger partial charge in [0.1, 0.15) is 0 Å². The van der Waals surface area contributed by atoms with E-state index >= 15 is 0 Å². The molecule has 1 aromatic rings. The third-order valence-electron chi connectivity index (χ3n) is 3.76. The first-order valence-electron chi connectivity index (χ1n) is 6.46. The van der Waals surface area contributed by atoms with E-state index < -0.39 is 0 Å². The lowest BCUT2D eigenvalue weighted by molar-refractivity contribution is 0.293.